The average molecular weight is 324 g/mol. The van der Waals surface area contributed by atoms with Crippen LogP contribution in [0.3, 0.4) is 0 Å². The van der Waals surface area contributed by atoms with Gasteiger partial charge in [-0.15, -0.1) is 11.6 Å². The molecule has 0 aliphatic rings. The lowest BCUT2D eigenvalue weighted by Crippen LogP contribution is -2.31. The first-order valence-electron chi connectivity index (χ1n) is 6.13. The Morgan fingerprint density at radius 3 is 2.53 bits per heavy atom. The van der Waals surface area contributed by atoms with Crippen LogP contribution in [0.1, 0.15) is 25.8 Å². The molecular weight excluding hydrogens is 305 g/mol. The highest BCUT2D eigenvalue weighted by molar-refractivity contribution is 7.89. The minimum Gasteiger partial charge on any atom is -0.207 e. The van der Waals surface area contributed by atoms with Gasteiger partial charge in [-0.3, -0.25) is 0 Å². The summed E-state index contributed by atoms with van der Waals surface area (Å²) >= 11 is 11.7. The Morgan fingerprint density at radius 2 is 2.00 bits per heavy atom. The van der Waals surface area contributed by atoms with Crippen LogP contribution in [0.4, 0.5) is 0 Å². The molecule has 108 valence electrons. The fourth-order valence-electron chi connectivity index (χ4n) is 1.66. The van der Waals surface area contributed by atoms with E-state index in [1.54, 1.807) is 13.1 Å². The van der Waals surface area contributed by atoms with E-state index in [1.807, 2.05) is 13.8 Å². The number of rotatable bonds is 6. The highest BCUT2D eigenvalue weighted by Crippen LogP contribution is 2.24. The smallest absolute Gasteiger partial charge is 0.207 e. The van der Waals surface area contributed by atoms with E-state index in [1.165, 1.54) is 16.4 Å². The fourth-order valence-corrected chi connectivity index (χ4v) is 3.48. The van der Waals surface area contributed by atoms with Crippen LogP contribution in [-0.4, -0.2) is 26.3 Å². The first-order valence-corrected chi connectivity index (χ1v) is 8.48. The van der Waals surface area contributed by atoms with Crippen molar-refractivity contribution in [2.45, 2.75) is 31.0 Å². The third kappa shape index (κ3) is 4.09. The molecule has 0 saturated heterocycles. The topological polar surface area (TPSA) is 37.4 Å². The molecule has 1 unspecified atom stereocenters. The first-order chi connectivity index (χ1) is 8.82. The summed E-state index contributed by atoms with van der Waals surface area (Å²) in [6.07, 6.45) is 0.938. The number of alkyl halides is 1. The zero-order chi connectivity index (χ0) is 14.6. The van der Waals surface area contributed by atoms with Gasteiger partial charge in [0.2, 0.25) is 10.0 Å². The minimum atomic E-state index is -3.48. The SMILES string of the molecule is CCC(C)CN(C)S(=O)(=O)c1ccc(Cl)c(CCl)c1. The van der Waals surface area contributed by atoms with Crippen molar-refractivity contribution < 1.29 is 8.42 Å². The Labute approximate surface area is 125 Å². The lowest BCUT2D eigenvalue weighted by Gasteiger charge is -2.20. The molecule has 0 radical (unpaired) electrons. The summed E-state index contributed by atoms with van der Waals surface area (Å²) in [6, 6.07) is 4.63. The quantitative estimate of drug-likeness (QED) is 0.748. The van der Waals surface area contributed by atoms with Gasteiger partial charge in [0, 0.05) is 24.5 Å². The van der Waals surface area contributed by atoms with Crippen molar-refractivity contribution in [2.75, 3.05) is 13.6 Å². The number of hydrogen-bond donors (Lipinski definition) is 0. The third-order valence-electron chi connectivity index (χ3n) is 3.14. The van der Waals surface area contributed by atoms with Gasteiger partial charge in [0.15, 0.2) is 0 Å². The van der Waals surface area contributed by atoms with Crippen molar-refractivity contribution in [1.29, 1.82) is 0 Å². The van der Waals surface area contributed by atoms with E-state index in [-0.39, 0.29) is 10.8 Å². The summed E-state index contributed by atoms with van der Waals surface area (Å²) in [6.45, 7) is 4.56. The molecule has 1 rings (SSSR count). The third-order valence-corrected chi connectivity index (χ3v) is 5.61. The summed E-state index contributed by atoms with van der Waals surface area (Å²) in [7, 11) is -1.88. The second-order valence-electron chi connectivity index (χ2n) is 4.69. The van der Waals surface area contributed by atoms with E-state index in [0.29, 0.717) is 23.0 Å². The van der Waals surface area contributed by atoms with Gasteiger partial charge in [-0.2, -0.15) is 0 Å². The summed E-state index contributed by atoms with van der Waals surface area (Å²) in [5, 5.41) is 0.485. The molecule has 0 spiro atoms. The van der Waals surface area contributed by atoms with Crippen LogP contribution in [0, 0.1) is 5.92 Å². The molecule has 6 heteroatoms. The maximum Gasteiger partial charge on any atom is 0.242 e. The van der Waals surface area contributed by atoms with E-state index in [9.17, 15) is 8.42 Å². The van der Waals surface area contributed by atoms with Gasteiger partial charge in [-0.05, 0) is 29.7 Å². The van der Waals surface area contributed by atoms with Gasteiger partial charge in [-0.1, -0.05) is 31.9 Å². The highest BCUT2D eigenvalue weighted by Gasteiger charge is 2.22. The van der Waals surface area contributed by atoms with Crippen molar-refractivity contribution in [3.8, 4) is 0 Å². The van der Waals surface area contributed by atoms with E-state index in [0.717, 1.165) is 6.42 Å². The minimum absolute atomic E-state index is 0.192. The van der Waals surface area contributed by atoms with Crippen molar-refractivity contribution in [3.05, 3.63) is 28.8 Å². The Morgan fingerprint density at radius 1 is 1.37 bits per heavy atom. The number of halogens is 2. The number of benzene rings is 1. The first kappa shape index (κ1) is 16.8. The molecule has 19 heavy (non-hydrogen) atoms. The molecule has 0 saturated carbocycles. The van der Waals surface area contributed by atoms with Gasteiger partial charge in [0.25, 0.3) is 0 Å². The molecule has 0 heterocycles. The molecule has 0 bridgehead atoms. The molecule has 0 aromatic heterocycles. The fraction of sp³-hybridized carbons (Fsp3) is 0.538. The highest BCUT2D eigenvalue weighted by atomic mass is 35.5. The molecule has 3 nitrogen and oxygen atoms in total. The van der Waals surface area contributed by atoms with E-state index in [2.05, 4.69) is 0 Å². The van der Waals surface area contributed by atoms with Crippen molar-refractivity contribution in [1.82, 2.24) is 4.31 Å². The van der Waals surface area contributed by atoms with Crippen molar-refractivity contribution in [2.24, 2.45) is 5.92 Å². The van der Waals surface area contributed by atoms with Gasteiger partial charge in [0.1, 0.15) is 0 Å². The molecular formula is C13H19Cl2NO2S. The van der Waals surface area contributed by atoms with E-state index in [4.69, 9.17) is 23.2 Å². The lowest BCUT2D eigenvalue weighted by molar-refractivity contribution is 0.393. The molecule has 1 aromatic rings. The summed E-state index contributed by atoms with van der Waals surface area (Å²) in [5.41, 5.74) is 0.626. The Balaban J connectivity index is 3.06. The van der Waals surface area contributed by atoms with Crippen LogP contribution in [-0.2, 0) is 15.9 Å². The van der Waals surface area contributed by atoms with Gasteiger partial charge < -0.3 is 0 Å². The van der Waals surface area contributed by atoms with Gasteiger partial charge >= 0.3 is 0 Å². The van der Waals surface area contributed by atoms with Gasteiger partial charge in [0.05, 0.1) is 4.90 Å². The average Bonchev–Trinajstić information content (AvgIpc) is 2.38. The van der Waals surface area contributed by atoms with Crippen molar-refractivity contribution in [3.63, 3.8) is 0 Å². The molecule has 0 amide bonds. The predicted octanol–water partition coefficient (Wildman–Crippen LogP) is 3.75. The Bertz CT molecular complexity index is 531. The normalized spacial score (nSPS) is 13.8. The van der Waals surface area contributed by atoms with Crippen LogP contribution in [0.5, 0.6) is 0 Å². The summed E-state index contributed by atoms with van der Waals surface area (Å²) in [4.78, 5) is 0.235. The molecule has 0 N–H and O–H groups in total. The Kier molecular flexibility index (Phi) is 6.12. The van der Waals surface area contributed by atoms with Gasteiger partial charge in [-0.25, -0.2) is 12.7 Å². The zero-order valence-electron chi connectivity index (χ0n) is 11.4. The molecule has 0 fully saturated rings. The molecule has 1 atom stereocenters. The van der Waals surface area contributed by atoms with Crippen LogP contribution in [0.15, 0.2) is 23.1 Å². The monoisotopic (exact) mass is 323 g/mol. The molecule has 0 aliphatic heterocycles. The van der Waals surface area contributed by atoms with Crippen LogP contribution in [0.25, 0.3) is 0 Å². The molecule has 0 aliphatic carbocycles. The number of sulfonamides is 1. The standard InChI is InChI=1S/C13H19Cl2NO2S/c1-4-10(2)9-16(3)19(17,18)12-5-6-13(15)11(7-12)8-14/h5-7,10H,4,8-9H2,1-3H3. The predicted molar refractivity (Wildman–Crippen MR) is 80.3 cm³/mol. The van der Waals surface area contributed by atoms with Crippen LogP contribution < -0.4 is 0 Å². The largest absolute Gasteiger partial charge is 0.242 e. The van der Waals surface area contributed by atoms with E-state index >= 15 is 0 Å². The molecule has 1 aromatic carbocycles. The second kappa shape index (κ2) is 6.93. The summed E-state index contributed by atoms with van der Waals surface area (Å²) in [5.74, 6) is 0.511. The maximum absolute atomic E-state index is 12.4. The maximum atomic E-state index is 12.4. The van der Waals surface area contributed by atoms with Crippen LogP contribution >= 0.6 is 23.2 Å². The summed E-state index contributed by atoms with van der Waals surface area (Å²) < 4.78 is 26.2. The van der Waals surface area contributed by atoms with E-state index < -0.39 is 10.0 Å². The van der Waals surface area contributed by atoms with Crippen molar-refractivity contribution >= 4 is 33.2 Å². The van der Waals surface area contributed by atoms with Crippen LogP contribution in [0.2, 0.25) is 5.02 Å². The lowest BCUT2D eigenvalue weighted by atomic mass is 10.1. The second-order valence-corrected chi connectivity index (χ2v) is 7.41. The number of hydrogen-bond acceptors (Lipinski definition) is 2. The zero-order valence-corrected chi connectivity index (χ0v) is 13.7. The number of nitrogens with zero attached hydrogens (tertiary/aromatic N) is 1. The Hall–Kier alpha value is -0.290.